The van der Waals surface area contributed by atoms with Crippen LogP contribution in [0.4, 0.5) is 0 Å². The summed E-state index contributed by atoms with van der Waals surface area (Å²) in [7, 11) is 0. The first-order valence-electron chi connectivity index (χ1n) is 8.39. The van der Waals surface area contributed by atoms with E-state index >= 15 is 0 Å². The normalized spacial score (nSPS) is 19.4. The zero-order valence-electron chi connectivity index (χ0n) is 14.3. The quantitative estimate of drug-likeness (QED) is 0.737. The van der Waals surface area contributed by atoms with Gasteiger partial charge in [-0.25, -0.2) is 0 Å². The molecule has 1 fully saturated rings. The van der Waals surface area contributed by atoms with Gasteiger partial charge in [-0.15, -0.1) is 10.2 Å². The van der Waals surface area contributed by atoms with Crippen LogP contribution in [0.15, 0.2) is 28.9 Å². The first-order valence-corrected chi connectivity index (χ1v) is 8.39. The van der Waals surface area contributed by atoms with Gasteiger partial charge in [-0.3, -0.25) is 9.30 Å². The molecule has 4 heterocycles. The Morgan fingerprint density at radius 2 is 2.12 bits per heavy atom. The Morgan fingerprint density at radius 1 is 1.25 bits per heavy atom. The first kappa shape index (κ1) is 15.3. The van der Waals surface area contributed by atoms with Crippen molar-refractivity contribution in [2.24, 2.45) is 0 Å². The van der Waals surface area contributed by atoms with Crippen LogP contribution in [0.3, 0.4) is 0 Å². The van der Waals surface area contributed by atoms with Crippen LogP contribution in [0, 0.1) is 0 Å². The largest absolute Gasteiger partial charge is 0.339 e. The van der Waals surface area contributed by atoms with Gasteiger partial charge in [-0.05, 0) is 31.5 Å². The summed E-state index contributed by atoms with van der Waals surface area (Å²) in [6.45, 7) is 7.90. The molecule has 0 aliphatic carbocycles. The van der Waals surface area contributed by atoms with Gasteiger partial charge in [0.2, 0.25) is 5.89 Å². The number of aromatic nitrogens is 5. The summed E-state index contributed by atoms with van der Waals surface area (Å²) in [5.41, 5.74) is 0.757. The average molecular weight is 326 g/mol. The predicted molar refractivity (Wildman–Crippen MR) is 88.4 cm³/mol. The minimum absolute atomic E-state index is 0.126. The van der Waals surface area contributed by atoms with Crippen LogP contribution in [-0.2, 0) is 12.0 Å². The van der Waals surface area contributed by atoms with Crippen molar-refractivity contribution < 1.29 is 4.52 Å². The van der Waals surface area contributed by atoms with Gasteiger partial charge in [0.15, 0.2) is 17.3 Å². The van der Waals surface area contributed by atoms with Crippen LogP contribution in [-0.4, -0.2) is 36.2 Å². The van der Waals surface area contributed by atoms with E-state index in [1.807, 2.05) is 24.4 Å². The third kappa shape index (κ3) is 2.69. The molecule has 7 nitrogen and oxygen atoms in total. The van der Waals surface area contributed by atoms with Crippen LogP contribution in [0.1, 0.15) is 57.2 Å². The Bertz CT molecular complexity index is 846. The number of hydrogen-bond acceptors (Lipinski definition) is 6. The van der Waals surface area contributed by atoms with Crippen molar-refractivity contribution in [2.75, 3.05) is 6.54 Å². The molecule has 1 aliphatic rings. The lowest BCUT2D eigenvalue weighted by atomic mass is 9.97. The molecule has 0 spiro atoms. The fraction of sp³-hybridized carbons (Fsp3) is 0.529. The lowest BCUT2D eigenvalue weighted by molar-refractivity contribution is 0.228. The Balaban J connectivity index is 1.58. The van der Waals surface area contributed by atoms with Crippen molar-refractivity contribution >= 4 is 5.65 Å². The summed E-state index contributed by atoms with van der Waals surface area (Å²) in [5.74, 6) is 2.41. The minimum Gasteiger partial charge on any atom is -0.339 e. The number of likely N-dealkylation sites (tertiary alicyclic amines) is 1. The molecular weight excluding hydrogens is 304 g/mol. The van der Waals surface area contributed by atoms with Crippen LogP contribution >= 0.6 is 0 Å². The highest BCUT2D eigenvalue weighted by molar-refractivity contribution is 5.37. The van der Waals surface area contributed by atoms with Crippen LogP contribution in [0.25, 0.3) is 5.65 Å². The molecule has 0 bridgehead atoms. The smallest absolute Gasteiger partial charge is 0.232 e. The SMILES string of the molecule is CC(C)(C)c1nc(CN2CCC[C@@H]2c2nnc3ccccn23)no1. The molecule has 1 aliphatic heterocycles. The number of rotatable bonds is 3. The van der Waals surface area contributed by atoms with Crippen molar-refractivity contribution in [1.82, 2.24) is 29.6 Å². The third-order valence-electron chi connectivity index (χ3n) is 4.46. The highest BCUT2D eigenvalue weighted by atomic mass is 16.5. The van der Waals surface area contributed by atoms with Gasteiger partial charge in [-0.2, -0.15) is 4.98 Å². The maximum absolute atomic E-state index is 5.41. The van der Waals surface area contributed by atoms with Gasteiger partial charge in [0.1, 0.15) is 0 Å². The zero-order valence-corrected chi connectivity index (χ0v) is 14.3. The van der Waals surface area contributed by atoms with E-state index in [0.717, 1.165) is 36.7 Å². The van der Waals surface area contributed by atoms with Crippen molar-refractivity contribution in [2.45, 2.75) is 51.6 Å². The van der Waals surface area contributed by atoms with Gasteiger partial charge < -0.3 is 4.52 Å². The third-order valence-corrected chi connectivity index (χ3v) is 4.46. The molecule has 24 heavy (non-hydrogen) atoms. The van der Waals surface area contributed by atoms with Gasteiger partial charge in [-0.1, -0.05) is 32.0 Å². The first-order chi connectivity index (χ1) is 11.5. The van der Waals surface area contributed by atoms with Crippen molar-refractivity contribution in [3.8, 4) is 0 Å². The summed E-state index contributed by atoms with van der Waals surface area (Å²) >= 11 is 0. The fourth-order valence-corrected chi connectivity index (χ4v) is 3.20. The van der Waals surface area contributed by atoms with E-state index in [0.29, 0.717) is 12.4 Å². The molecular formula is C17H22N6O. The summed E-state index contributed by atoms with van der Waals surface area (Å²) < 4.78 is 7.48. The van der Waals surface area contributed by atoms with Crippen LogP contribution in [0.5, 0.6) is 0 Å². The Hall–Kier alpha value is -2.28. The Labute approximate surface area is 140 Å². The highest BCUT2D eigenvalue weighted by Crippen LogP contribution is 2.32. The van der Waals surface area contributed by atoms with Crippen molar-refractivity contribution in [1.29, 1.82) is 0 Å². The summed E-state index contributed by atoms with van der Waals surface area (Å²) in [4.78, 5) is 6.92. The molecule has 0 aromatic carbocycles. The van der Waals surface area contributed by atoms with E-state index in [2.05, 4.69) is 50.4 Å². The van der Waals surface area contributed by atoms with Gasteiger partial charge >= 0.3 is 0 Å². The number of fused-ring (bicyclic) bond motifs is 1. The zero-order chi connectivity index (χ0) is 16.7. The lowest BCUT2D eigenvalue weighted by Gasteiger charge is -2.21. The lowest BCUT2D eigenvalue weighted by Crippen LogP contribution is -2.25. The summed E-state index contributed by atoms with van der Waals surface area (Å²) in [6.07, 6.45) is 4.23. The Kier molecular flexibility index (Phi) is 3.60. The summed E-state index contributed by atoms with van der Waals surface area (Å²) in [6, 6.07) is 6.20. The fourth-order valence-electron chi connectivity index (χ4n) is 3.20. The Morgan fingerprint density at radius 3 is 2.92 bits per heavy atom. The molecule has 7 heteroatoms. The van der Waals surface area contributed by atoms with E-state index in [1.54, 1.807) is 0 Å². The molecule has 3 aromatic heterocycles. The average Bonchev–Trinajstić information content (AvgIpc) is 3.25. The van der Waals surface area contributed by atoms with Crippen molar-refractivity contribution in [3.63, 3.8) is 0 Å². The van der Waals surface area contributed by atoms with Crippen molar-refractivity contribution in [3.05, 3.63) is 41.9 Å². The van der Waals surface area contributed by atoms with Gasteiger partial charge in [0, 0.05) is 11.6 Å². The van der Waals surface area contributed by atoms with Gasteiger partial charge in [0.25, 0.3) is 0 Å². The molecule has 3 aromatic rings. The second-order valence-corrected chi connectivity index (χ2v) is 7.38. The molecule has 0 N–H and O–H groups in total. The molecule has 4 rings (SSSR count). The number of hydrogen-bond donors (Lipinski definition) is 0. The van der Waals surface area contributed by atoms with E-state index in [1.165, 1.54) is 0 Å². The number of nitrogens with zero attached hydrogens (tertiary/aromatic N) is 6. The van der Waals surface area contributed by atoms with E-state index in [-0.39, 0.29) is 11.5 Å². The molecule has 126 valence electrons. The maximum atomic E-state index is 5.41. The number of pyridine rings is 1. The van der Waals surface area contributed by atoms with Gasteiger partial charge in [0.05, 0.1) is 12.6 Å². The standard InChI is InChI=1S/C17H22N6O/c1-17(2,3)16-18-13(21-24-16)11-22-9-6-7-12(22)15-20-19-14-8-4-5-10-23(14)15/h4-5,8,10,12H,6-7,9,11H2,1-3H3/t12-/m1/s1. The molecule has 1 atom stereocenters. The second kappa shape index (κ2) is 5.66. The monoisotopic (exact) mass is 326 g/mol. The second-order valence-electron chi connectivity index (χ2n) is 7.38. The van der Waals surface area contributed by atoms with Crippen LogP contribution < -0.4 is 0 Å². The predicted octanol–water partition coefficient (Wildman–Crippen LogP) is 2.75. The van der Waals surface area contributed by atoms with Crippen LogP contribution in [0.2, 0.25) is 0 Å². The molecule has 0 saturated carbocycles. The molecule has 0 amide bonds. The van der Waals surface area contributed by atoms with E-state index in [9.17, 15) is 0 Å². The maximum Gasteiger partial charge on any atom is 0.232 e. The topological polar surface area (TPSA) is 72.4 Å². The summed E-state index contributed by atoms with van der Waals surface area (Å²) in [5, 5.41) is 12.9. The van der Waals surface area contributed by atoms with E-state index < -0.39 is 0 Å². The van der Waals surface area contributed by atoms with E-state index in [4.69, 9.17) is 4.52 Å². The highest BCUT2D eigenvalue weighted by Gasteiger charge is 2.31. The molecule has 1 saturated heterocycles. The molecule has 0 unspecified atom stereocenters. The minimum atomic E-state index is -0.126. The molecule has 0 radical (unpaired) electrons.